The number of hydrogen-bond donors (Lipinski definition) is 0. The van der Waals surface area contributed by atoms with E-state index >= 15 is 0 Å². The van der Waals surface area contributed by atoms with E-state index in [4.69, 9.17) is 0 Å². The number of carbonyl (C=O) groups is 1. The summed E-state index contributed by atoms with van der Waals surface area (Å²) in [4.78, 5) is 26.6. The number of aromatic nitrogens is 2. The third kappa shape index (κ3) is 3.25. The lowest BCUT2D eigenvalue weighted by molar-refractivity contribution is 0.0447. The molecule has 1 aromatic heterocycles. The summed E-state index contributed by atoms with van der Waals surface area (Å²) in [5.74, 6) is -0.000323. The van der Waals surface area contributed by atoms with Gasteiger partial charge in [-0.15, -0.1) is 0 Å². The van der Waals surface area contributed by atoms with Crippen molar-refractivity contribution in [3.05, 3.63) is 60.2 Å². The molecular weight excluding hydrogens is 336 g/mol. The first-order valence-electron chi connectivity index (χ1n) is 9.96. The van der Waals surface area contributed by atoms with Crippen LogP contribution >= 0.6 is 0 Å². The Bertz CT molecular complexity index is 781. The van der Waals surface area contributed by atoms with Crippen molar-refractivity contribution in [3.63, 3.8) is 0 Å². The molecule has 2 aliphatic heterocycles. The summed E-state index contributed by atoms with van der Waals surface area (Å²) in [5, 5.41) is 0. The molecule has 2 fully saturated rings. The van der Waals surface area contributed by atoms with Gasteiger partial charge in [0.25, 0.3) is 5.91 Å². The molecule has 5 nitrogen and oxygen atoms in total. The first-order valence-corrected chi connectivity index (χ1v) is 9.96. The summed E-state index contributed by atoms with van der Waals surface area (Å²) in [6.45, 7) is 3.42. The van der Waals surface area contributed by atoms with Crippen molar-refractivity contribution in [2.45, 2.75) is 56.7 Å². The Kier molecular flexibility index (Phi) is 4.96. The lowest BCUT2D eigenvalue weighted by Gasteiger charge is -2.43. The Balaban J connectivity index is 1.78. The zero-order valence-corrected chi connectivity index (χ0v) is 16.2. The van der Waals surface area contributed by atoms with Crippen LogP contribution in [-0.2, 0) is 0 Å². The second-order valence-corrected chi connectivity index (χ2v) is 8.08. The number of benzene rings is 1. The van der Waals surface area contributed by atoms with Gasteiger partial charge in [0.15, 0.2) is 0 Å². The van der Waals surface area contributed by atoms with Gasteiger partial charge in [-0.25, -0.2) is 4.98 Å². The molecule has 1 aromatic carbocycles. The van der Waals surface area contributed by atoms with Crippen molar-refractivity contribution in [2.75, 3.05) is 13.6 Å². The summed E-state index contributed by atoms with van der Waals surface area (Å²) >= 11 is 0. The highest BCUT2D eigenvalue weighted by Gasteiger charge is 2.53. The van der Waals surface area contributed by atoms with Crippen molar-refractivity contribution in [1.29, 1.82) is 0 Å². The third-order valence-electron chi connectivity index (χ3n) is 6.54. The summed E-state index contributed by atoms with van der Waals surface area (Å²) in [6, 6.07) is 10.7. The molecule has 2 saturated heterocycles. The molecule has 5 heteroatoms. The average molecular weight is 364 g/mol. The molecule has 2 aliphatic rings. The predicted octanol–water partition coefficient (Wildman–Crippen LogP) is 3.70. The molecule has 2 aromatic rings. The van der Waals surface area contributed by atoms with Crippen LogP contribution in [0.15, 0.2) is 48.9 Å². The molecule has 3 heterocycles. The van der Waals surface area contributed by atoms with Gasteiger partial charge in [-0.3, -0.25) is 14.7 Å². The van der Waals surface area contributed by atoms with Gasteiger partial charge < -0.3 is 4.90 Å². The highest BCUT2D eigenvalue weighted by Crippen LogP contribution is 2.48. The lowest BCUT2D eigenvalue weighted by Crippen LogP contribution is -2.55. The molecule has 0 spiro atoms. The molecule has 1 amide bonds. The molecule has 0 unspecified atom stereocenters. The number of likely N-dealkylation sites (tertiary alicyclic amines) is 2. The van der Waals surface area contributed by atoms with E-state index < -0.39 is 0 Å². The Morgan fingerprint density at radius 2 is 1.96 bits per heavy atom. The molecule has 0 aliphatic carbocycles. The zero-order chi connectivity index (χ0) is 18.9. The van der Waals surface area contributed by atoms with E-state index in [1.807, 2.05) is 6.07 Å². The van der Waals surface area contributed by atoms with E-state index in [0.717, 1.165) is 19.4 Å². The fraction of sp³-hybridized carbons (Fsp3) is 0.500. The molecule has 4 rings (SSSR count). The van der Waals surface area contributed by atoms with E-state index in [2.05, 4.69) is 58.0 Å². The Morgan fingerprint density at radius 1 is 1.15 bits per heavy atom. The third-order valence-corrected chi connectivity index (χ3v) is 6.54. The summed E-state index contributed by atoms with van der Waals surface area (Å²) < 4.78 is 0. The van der Waals surface area contributed by atoms with Crippen molar-refractivity contribution in [1.82, 2.24) is 19.8 Å². The van der Waals surface area contributed by atoms with E-state index in [1.165, 1.54) is 24.8 Å². The molecule has 0 N–H and O–H groups in total. The summed E-state index contributed by atoms with van der Waals surface area (Å²) in [7, 11) is 2.22. The van der Waals surface area contributed by atoms with Crippen LogP contribution in [0, 0.1) is 0 Å². The van der Waals surface area contributed by atoms with Crippen LogP contribution in [-0.4, -0.2) is 50.8 Å². The second kappa shape index (κ2) is 7.39. The van der Waals surface area contributed by atoms with Crippen LogP contribution < -0.4 is 0 Å². The first kappa shape index (κ1) is 18.1. The van der Waals surface area contributed by atoms with E-state index in [1.54, 1.807) is 18.6 Å². The minimum Gasteiger partial charge on any atom is -0.325 e. The van der Waals surface area contributed by atoms with Gasteiger partial charge in [0.2, 0.25) is 0 Å². The lowest BCUT2D eigenvalue weighted by atomic mass is 9.84. The monoisotopic (exact) mass is 364 g/mol. The van der Waals surface area contributed by atoms with Gasteiger partial charge in [0.05, 0.1) is 18.3 Å². The van der Waals surface area contributed by atoms with Crippen LogP contribution in [0.5, 0.6) is 0 Å². The SMILES string of the molecule is CN1CCCCC[C@@H]2N(C(=O)c3cnccn3)[C@H](c3ccccc3)C[C@@]21C. The topological polar surface area (TPSA) is 49.3 Å². The molecule has 3 atom stereocenters. The average Bonchev–Trinajstić information content (AvgIpc) is 3.00. The number of nitrogens with zero attached hydrogens (tertiary/aromatic N) is 4. The number of amides is 1. The Hall–Kier alpha value is -2.27. The fourth-order valence-corrected chi connectivity index (χ4v) is 4.90. The maximum absolute atomic E-state index is 13.5. The number of likely N-dealkylation sites (N-methyl/N-ethyl adjacent to an activating group) is 1. The highest BCUT2D eigenvalue weighted by atomic mass is 16.2. The van der Waals surface area contributed by atoms with Gasteiger partial charge in [0, 0.05) is 17.9 Å². The van der Waals surface area contributed by atoms with E-state index in [-0.39, 0.29) is 23.5 Å². The predicted molar refractivity (Wildman–Crippen MR) is 105 cm³/mol. The van der Waals surface area contributed by atoms with Gasteiger partial charge in [-0.2, -0.15) is 0 Å². The van der Waals surface area contributed by atoms with E-state index in [9.17, 15) is 4.79 Å². The van der Waals surface area contributed by atoms with E-state index in [0.29, 0.717) is 5.69 Å². The Morgan fingerprint density at radius 3 is 2.70 bits per heavy atom. The highest BCUT2D eigenvalue weighted by molar-refractivity contribution is 5.93. The zero-order valence-electron chi connectivity index (χ0n) is 16.2. The molecular formula is C22H28N4O. The summed E-state index contributed by atoms with van der Waals surface area (Å²) in [6.07, 6.45) is 10.4. The van der Waals surface area contributed by atoms with Gasteiger partial charge in [-0.05, 0) is 45.3 Å². The van der Waals surface area contributed by atoms with Gasteiger partial charge >= 0.3 is 0 Å². The minimum atomic E-state index is -0.0290. The van der Waals surface area contributed by atoms with Crippen LogP contribution in [0.3, 0.4) is 0 Å². The largest absolute Gasteiger partial charge is 0.325 e. The molecule has 0 radical (unpaired) electrons. The molecule has 0 bridgehead atoms. The van der Waals surface area contributed by atoms with Crippen molar-refractivity contribution >= 4 is 5.91 Å². The maximum Gasteiger partial charge on any atom is 0.274 e. The first-order chi connectivity index (χ1) is 13.1. The van der Waals surface area contributed by atoms with Crippen LogP contribution in [0.4, 0.5) is 0 Å². The summed E-state index contributed by atoms with van der Waals surface area (Å²) in [5.41, 5.74) is 1.61. The number of fused-ring (bicyclic) bond motifs is 1. The van der Waals surface area contributed by atoms with Crippen molar-refractivity contribution in [3.8, 4) is 0 Å². The van der Waals surface area contributed by atoms with Crippen LogP contribution in [0.1, 0.15) is 61.1 Å². The van der Waals surface area contributed by atoms with Gasteiger partial charge in [0.1, 0.15) is 5.69 Å². The minimum absolute atomic E-state index is 0.000323. The normalized spacial score (nSPS) is 29.0. The fourth-order valence-electron chi connectivity index (χ4n) is 4.90. The van der Waals surface area contributed by atoms with Crippen LogP contribution in [0.25, 0.3) is 0 Å². The number of rotatable bonds is 2. The molecule has 27 heavy (non-hydrogen) atoms. The van der Waals surface area contributed by atoms with Crippen LogP contribution in [0.2, 0.25) is 0 Å². The molecule has 0 saturated carbocycles. The Labute approximate surface area is 161 Å². The molecule has 142 valence electrons. The standard InChI is InChI=1S/C22H28N4O/c1-22-15-19(17-9-5-3-6-10-17)26(21(27)18-16-23-12-13-24-18)20(22)11-7-4-8-14-25(22)2/h3,5-6,9-10,12-13,16,19-20H,4,7-8,11,14-15H2,1-2H3/t19-,20-,22-/m0/s1. The maximum atomic E-state index is 13.5. The number of hydrogen-bond acceptors (Lipinski definition) is 4. The smallest absolute Gasteiger partial charge is 0.274 e. The van der Waals surface area contributed by atoms with Gasteiger partial charge in [-0.1, -0.05) is 43.2 Å². The quantitative estimate of drug-likeness (QED) is 0.815. The second-order valence-electron chi connectivity index (χ2n) is 8.08. The van der Waals surface area contributed by atoms with Crippen molar-refractivity contribution < 1.29 is 4.79 Å². The number of carbonyl (C=O) groups excluding carboxylic acids is 1. The van der Waals surface area contributed by atoms with Crippen molar-refractivity contribution in [2.24, 2.45) is 0 Å².